The summed E-state index contributed by atoms with van der Waals surface area (Å²) in [6.07, 6.45) is 57.6. The first kappa shape index (κ1) is 45.0. The van der Waals surface area contributed by atoms with Crippen LogP contribution in [-0.4, -0.2) is 6.61 Å². The molecule has 0 aliphatic rings. The molecule has 0 aromatic heterocycles. The fourth-order valence-corrected chi connectivity index (χ4v) is 6.91. The maximum Gasteiger partial charge on any atom is 0.0836 e. The summed E-state index contributed by atoms with van der Waals surface area (Å²) in [6.45, 7) is 7.65. The number of rotatable bonds is 42. The Bertz CT molecular complexity index is 432. The van der Waals surface area contributed by atoms with E-state index >= 15 is 0 Å². The van der Waals surface area contributed by atoms with Gasteiger partial charge in [-0.25, -0.2) is 0 Å². The third-order valence-corrected chi connectivity index (χ3v) is 10.2. The van der Waals surface area contributed by atoms with E-state index < -0.39 is 0 Å². The molecule has 0 bridgehead atoms. The number of unbranched alkanes of at least 4 members (excludes halogenated alkanes) is 38. The van der Waals surface area contributed by atoms with Crippen LogP contribution in [0.3, 0.4) is 0 Å². The van der Waals surface area contributed by atoms with Crippen molar-refractivity contribution >= 4 is 0 Å². The maximum atomic E-state index is 5.77. The molecule has 0 rings (SSSR count). The standard InChI is InChI=1S/C44H89O/c1-3-5-7-9-11-13-15-17-19-20-21-22-23-24-25-26-27-28-29-30-32-34-36-38-40-42-44-45-43-41-39-37-35-33-31-18-16-14-12-10-8-6-4-2/h44H,3-43H2,1-2H3. The summed E-state index contributed by atoms with van der Waals surface area (Å²) in [5, 5.41) is 0. The van der Waals surface area contributed by atoms with Crippen molar-refractivity contribution in [2.24, 2.45) is 0 Å². The van der Waals surface area contributed by atoms with E-state index in [0.717, 1.165) is 13.0 Å². The van der Waals surface area contributed by atoms with Crippen molar-refractivity contribution in [3.8, 4) is 0 Å². The van der Waals surface area contributed by atoms with E-state index in [2.05, 4.69) is 20.5 Å². The fourth-order valence-electron chi connectivity index (χ4n) is 6.91. The molecule has 1 heteroatoms. The van der Waals surface area contributed by atoms with Crippen molar-refractivity contribution in [2.75, 3.05) is 6.61 Å². The lowest BCUT2D eigenvalue weighted by atomic mass is 10.0. The molecule has 0 amide bonds. The van der Waals surface area contributed by atoms with Crippen molar-refractivity contribution in [2.45, 2.75) is 271 Å². The lowest BCUT2D eigenvalue weighted by molar-refractivity contribution is 0.183. The van der Waals surface area contributed by atoms with Crippen molar-refractivity contribution in [1.82, 2.24) is 0 Å². The smallest absolute Gasteiger partial charge is 0.0836 e. The van der Waals surface area contributed by atoms with Gasteiger partial charge in [0.15, 0.2) is 0 Å². The van der Waals surface area contributed by atoms with Crippen LogP contribution in [-0.2, 0) is 4.74 Å². The second kappa shape index (κ2) is 44.0. The third-order valence-electron chi connectivity index (χ3n) is 10.2. The highest BCUT2D eigenvalue weighted by Crippen LogP contribution is 2.17. The molecule has 0 saturated heterocycles. The van der Waals surface area contributed by atoms with Gasteiger partial charge in [-0.15, -0.1) is 0 Å². The minimum absolute atomic E-state index is 0.942. The molecule has 0 aliphatic heterocycles. The van der Waals surface area contributed by atoms with E-state index in [1.807, 2.05) is 0 Å². The Morgan fingerprint density at radius 3 is 0.689 bits per heavy atom. The Labute approximate surface area is 288 Å². The second-order valence-electron chi connectivity index (χ2n) is 14.9. The lowest BCUT2D eigenvalue weighted by Gasteiger charge is -2.05. The molecule has 0 N–H and O–H groups in total. The van der Waals surface area contributed by atoms with Crippen molar-refractivity contribution < 1.29 is 4.74 Å². The van der Waals surface area contributed by atoms with Gasteiger partial charge in [-0.05, 0) is 12.8 Å². The molecule has 271 valence electrons. The molecule has 0 heterocycles. The van der Waals surface area contributed by atoms with Gasteiger partial charge in [0.1, 0.15) is 0 Å². The molecule has 0 unspecified atom stereocenters. The number of hydrogen-bond donors (Lipinski definition) is 0. The SMILES string of the molecule is CCCCCCCCCCCCCCCCCCCCCCCCCCC[CH]OCCCCCCCCCCCCCCCC. The van der Waals surface area contributed by atoms with E-state index in [4.69, 9.17) is 4.74 Å². The molecular weight excluding hydrogens is 544 g/mol. The van der Waals surface area contributed by atoms with Crippen molar-refractivity contribution in [3.05, 3.63) is 6.61 Å². The predicted octanol–water partition coefficient (Wildman–Crippen LogP) is 16.8. The van der Waals surface area contributed by atoms with Crippen LogP contribution in [0.25, 0.3) is 0 Å². The summed E-state index contributed by atoms with van der Waals surface area (Å²) in [5.74, 6) is 0. The molecule has 0 aliphatic carbocycles. The second-order valence-corrected chi connectivity index (χ2v) is 14.9. The van der Waals surface area contributed by atoms with Gasteiger partial charge in [-0.1, -0.05) is 258 Å². The zero-order valence-electron chi connectivity index (χ0n) is 32.0. The number of ether oxygens (including phenoxy) is 1. The quantitative estimate of drug-likeness (QED) is 0.0608. The van der Waals surface area contributed by atoms with Gasteiger partial charge >= 0.3 is 0 Å². The van der Waals surface area contributed by atoms with Crippen LogP contribution in [0.1, 0.15) is 271 Å². The van der Waals surface area contributed by atoms with Crippen LogP contribution in [0.2, 0.25) is 0 Å². The van der Waals surface area contributed by atoms with Gasteiger partial charge in [0.05, 0.1) is 6.61 Å². The Kier molecular flexibility index (Phi) is 43.9. The molecule has 0 aromatic rings. The molecule has 0 atom stereocenters. The Morgan fingerprint density at radius 2 is 0.444 bits per heavy atom. The zero-order chi connectivity index (χ0) is 32.4. The van der Waals surface area contributed by atoms with E-state index in [9.17, 15) is 0 Å². The molecule has 0 fully saturated rings. The first-order chi connectivity index (χ1) is 22.4. The fraction of sp³-hybridized carbons (Fsp3) is 0.977. The molecule has 1 nitrogen and oxygen atoms in total. The van der Waals surface area contributed by atoms with Crippen LogP contribution in [0, 0.1) is 6.61 Å². The maximum absolute atomic E-state index is 5.77. The average Bonchev–Trinajstić information content (AvgIpc) is 3.05. The normalized spacial score (nSPS) is 11.6. The monoisotopic (exact) mass is 634 g/mol. The van der Waals surface area contributed by atoms with Gasteiger partial charge in [-0.2, -0.15) is 0 Å². The summed E-state index contributed by atoms with van der Waals surface area (Å²) in [5.41, 5.74) is 0. The Balaban J connectivity index is 3.03. The van der Waals surface area contributed by atoms with Crippen LogP contribution in [0.5, 0.6) is 0 Å². The summed E-state index contributed by atoms with van der Waals surface area (Å²) >= 11 is 0. The topological polar surface area (TPSA) is 9.23 Å². The molecular formula is C44H89O. The van der Waals surface area contributed by atoms with E-state index in [-0.39, 0.29) is 0 Å². The zero-order valence-corrected chi connectivity index (χ0v) is 32.0. The highest BCUT2D eigenvalue weighted by atomic mass is 16.5. The molecule has 0 spiro atoms. The summed E-state index contributed by atoms with van der Waals surface area (Å²) < 4.78 is 5.77. The Morgan fingerprint density at radius 1 is 0.244 bits per heavy atom. The van der Waals surface area contributed by atoms with Gasteiger partial charge in [0.25, 0.3) is 0 Å². The van der Waals surface area contributed by atoms with Gasteiger partial charge in [-0.3, -0.25) is 0 Å². The minimum atomic E-state index is 0.942. The Hall–Kier alpha value is -0.0400. The third kappa shape index (κ3) is 44.0. The van der Waals surface area contributed by atoms with E-state index in [1.165, 1.54) is 250 Å². The van der Waals surface area contributed by atoms with Gasteiger partial charge in [0.2, 0.25) is 0 Å². The number of hydrogen-bond acceptors (Lipinski definition) is 1. The van der Waals surface area contributed by atoms with Crippen molar-refractivity contribution in [3.63, 3.8) is 0 Å². The van der Waals surface area contributed by atoms with E-state index in [1.54, 1.807) is 0 Å². The highest BCUT2D eigenvalue weighted by molar-refractivity contribution is 4.55. The summed E-state index contributed by atoms with van der Waals surface area (Å²) in [6, 6.07) is 0. The first-order valence-corrected chi connectivity index (χ1v) is 21.8. The highest BCUT2D eigenvalue weighted by Gasteiger charge is 1.98. The molecule has 1 radical (unpaired) electrons. The summed E-state index contributed by atoms with van der Waals surface area (Å²) in [7, 11) is 0. The molecule has 0 aromatic carbocycles. The van der Waals surface area contributed by atoms with E-state index in [0.29, 0.717) is 0 Å². The van der Waals surface area contributed by atoms with Crippen LogP contribution in [0.4, 0.5) is 0 Å². The van der Waals surface area contributed by atoms with Gasteiger partial charge in [0, 0.05) is 6.61 Å². The first-order valence-electron chi connectivity index (χ1n) is 21.8. The van der Waals surface area contributed by atoms with Crippen LogP contribution in [0.15, 0.2) is 0 Å². The predicted molar refractivity (Wildman–Crippen MR) is 206 cm³/mol. The van der Waals surface area contributed by atoms with Crippen LogP contribution >= 0.6 is 0 Å². The molecule has 45 heavy (non-hydrogen) atoms. The van der Waals surface area contributed by atoms with Crippen molar-refractivity contribution in [1.29, 1.82) is 0 Å². The minimum Gasteiger partial charge on any atom is -0.376 e. The van der Waals surface area contributed by atoms with Crippen LogP contribution < -0.4 is 0 Å². The van der Waals surface area contributed by atoms with Gasteiger partial charge < -0.3 is 4.74 Å². The summed E-state index contributed by atoms with van der Waals surface area (Å²) in [4.78, 5) is 0. The molecule has 0 saturated carbocycles. The average molecular weight is 634 g/mol. The largest absolute Gasteiger partial charge is 0.376 e. The lowest BCUT2D eigenvalue weighted by Crippen LogP contribution is -1.92.